The topological polar surface area (TPSA) is 309 Å². The van der Waals surface area contributed by atoms with Crippen LogP contribution in [0.25, 0.3) is 21.9 Å². The van der Waals surface area contributed by atoms with Gasteiger partial charge >= 0.3 is 18.2 Å². The number of halogens is 8. The second-order valence-electron chi connectivity index (χ2n) is 22.3. The summed E-state index contributed by atoms with van der Waals surface area (Å²) in [4.78, 5) is 88.1. The number of rotatable bonds is 15. The SMILES string of the molecule is CC(C)(C)OC(=O)NCCCBr.Cn1cnc2c3cc(Cl)ccc3n(CCCN)c(=O)c21.Cn1cncc1C(=O)N(CCCNC(=O)OC(C)(C)C)c1ccc(Cl)cc1Br.Cn1cncc1C(=O)Nc1ccc(Cl)cc1Br.Cn1cncc1C(=O)O.Nc1ccc(Cl)cc1Br. The Labute approximate surface area is 603 Å². The summed E-state index contributed by atoms with van der Waals surface area (Å²) in [7, 11) is 6.98. The van der Waals surface area contributed by atoms with E-state index in [9.17, 15) is 28.8 Å². The van der Waals surface area contributed by atoms with E-state index in [1.165, 1.54) is 29.5 Å². The Morgan fingerprint density at radius 1 is 0.632 bits per heavy atom. The number of carbonyl (C=O) groups excluding carboxylic acids is 4. The minimum atomic E-state index is -0.949. The number of nitrogens with two attached hydrogens (primary N) is 2. The number of aryl methyl sites for hydroxylation is 5. The molecule has 5 aromatic heterocycles. The fraction of sp³-hybridized carbons (Fsp3) is 0.333. The van der Waals surface area contributed by atoms with E-state index in [0.717, 1.165) is 38.0 Å². The number of nitrogens with one attached hydrogen (secondary N) is 3. The molecule has 0 atom stereocenters. The standard InChI is InChI=1S/C19H24BrClN4O3.C14H15ClN4O.C11H9BrClN3O.C8H16BrNO2.C6H5BrClN.C5H6N2O2/c1-19(2,3)28-18(27)23-8-5-9-25(15-7-6-13(21)10-14(15)20)17(26)16-11-22-12-24(16)4;1-18-8-17-12-10-7-9(15)3-4-11(10)19(6-2-5-16)14(20)13(12)18;1-16-6-14-5-10(16)11(17)15-9-3-2-7(13)4-8(9)12;1-8(2,3)12-7(11)10-6-4-5-9;7-5-3-4(8)1-2-6(5)9;1-7-3-6-2-4(7)5(8)9/h6-7,10-12H,5,8-9H2,1-4H3,(H,23,27);3-4,7-8H,2,5-6,16H2,1H3;2-6H,1H3,(H,15,17);4-6H2,1-3H3,(H,10,11);1-3H,9H2;2-3H,1H3,(H,8,9). The summed E-state index contributed by atoms with van der Waals surface area (Å²) in [5.74, 6) is -1.36. The van der Waals surface area contributed by atoms with E-state index in [-0.39, 0.29) is 29.2 Å². The summed E-state index contributed by atoms with van der Waals surface area (Å²) in [6.45, 7) is 13.5. The van der Waals surface area contributed by atoms with Gasteiger partial charge in [0.05, 0.1) is 60.8 Å². The fourth-order valence-corrected chi connectivity index (χ4v) is 10.8. The molecule has 512 valence electrons. The van der Waals surface area contributed by atoms with Crippen LogP contribution in [0.1, 0.15) is 92.3 Å². The van der Waals surface area contributed by atoms with Crippen molar-refractivity contribution in [3.8, 4) is 0 Å². The number of carboxylic acid groups (broad SMARTS) is 1. The van der Waals surface area contributed by atoms with Crippen LogP contribution in [0.3, 0.4) is 0 Å². The number of carbonyl (C=O) groups is 5. The molecule has 0 aliphatic heterocycles. The van der Waals surface area contributed by atoms with Crippen molar-refractivity contribution in [1.29, 1.82) is 0 Å². The number of fused-ring (bicyclic) bond motifs is 3. The van der Waals surface area contributed by atoms with Crippen molar-refractivity contribution in [3.05, 3.63) is 178 Å². The summed E-state index contributed by atoms with van der Waals surface area (Å²) in [5, 5.41) is 20.8. The average molecular weight is 1650 g/mol. The van der Waals surface area contributed by atoms with Crippen LogP contribution in [0.4, 0.5) is 26.7 Å². The molecule has 32 heteroatoms. The molecule has 24 nitrogen and oxygen atoms in total. The number of benzene rings is 4. The monoisotopic (exact) mass is 1640 g/mol. The first kappa shape index (κ1) is 80.4. The summed E-state index contributed by atoms with van der Waals surface area (Å²) < 4.78 is 20.8. The maximum atomic E-state index is 13.1. The van der Waals surface area contributed by atoms with Gasteiger partial charge in [-0.1, -0.05) is 62.3 Å². The normalized spacial score (nSPS) is 10.8. The molecule has 95 heavy (non-hydrogen) atoms. The van der Waals surface area contributed by atoms with E-state index >= 15 is 0 Å². The van der Waals surface area contributed by atoms with Crippen molar-refractivity contribution in [3.63, 3.8) is 0 Å². The number of anilines is 3. The van der Waals surface area contributed by atoms with Gasteiger partial charge in [0.2, 0.25) is 0 Å². The number of nitrogens with zero attached hydrogens (tertiary/aromatic N) is 10. The van der Waals surface area contributed by atoms with Crippen LogP contribution in [0.15, 0.2) is 135 Å². The average Bonchev–Trinajstić information content (AvgIpc) is 1.70. The van der Waals surface area contributed by atoms with Crippen LogP contribution < -0.4 is 37.9 Å². The van der Waals surface area contributed by atoms with E-state index in [4.69, 9.17) is 72.5 Å². The lowest BCUT2D eigenvalue weighted by atomic mass is 10.1. The molecule has 0 saturated carbocycles. The number of hydrogen-bond donors (Lipinski definition) is 6. The van der Waals surface area contributed by atoms with Crippen molar-refractivity contribution in [2.45, 2.75) is 78.6 Å². The Bertz CT molecular complexity index is 4110. The third kappa shape index (κ3) is 26.5. The minimum Gasteiger partial charge on any atom is -0.477 e. The van der Waals surface area contributed by atoms with Gasteiger partial charge in [0, 0.05) is 104 Å². The first-order valence-corrected chi connectivity index (χ1v) is 33.9. The molecule has 0 saturated heterocycles. The summed E-state index contributed by atoms with van der Waals surface area (Å²) in [6.07, 6.45) is 12.0. The van der Waals surface area contributed by atoms with Crippen LogP contribution in [0.5, 0.6) is 0 Å². The molecule has 0 radical (unpaired) electrons. The Morgan fingerprint density at radius 3 is 1.60 bits per heavy atom. The second-order valence-corrected chi connectivity index (χ2v) is 27.4. The zero-order chi connectivity index (χ0) is 70.9. The van der Waals surface area contributed by atoms with Crippen molar-refractivity contribution >= 4 is 179 Å². The fourth-order valence-electron chi connectivity index (χ4n) is 7.99. The quantitative estimate of drug-likeness (QED) is 0.0316. The molecule has 0 aliphatic carbocycles. The van der Waals surface area contributed by atoms with Crippen LogP contribution in [0, 0.1) is 0 Å². The molecule has 0 unspecified atom stereocenters. The van der Waals surface area contributed by atoms with Gasteiger partial charge in [-0.15, -0.1) is 0 Å². The molecule has 0 aliphatic rings. The predicted molar refractivity (Wildman–Crippen MR) is 391 cm³/mol. The number of hydrogen-bond acceptors (Lipinski definition) is 14. The molecule has 4 aromatic carbocycles. The van der Waals surface area contributed by atoms with Gasteiger partial charge < -0.3 is 69.7 Å². The van der Waals surface area contributed by atoms with Gasteiger partial charge in [-0.05, 0) is 188 Å². The smallest absolute Gasteiger partial charge is 0.407 e. The number of ether oxygens (including phenoxy) is 2. The number of alkyl carbamates (subject to hydrolysis) is 2. The number of carboxylic acids is 1. The lowest BCUT2D eigenvalue weighted by molar-refractivity contribution is 0.0516. The Morgan fingerprint density at radius 2 is 1.13 bits per heavy atom. The first-order valence-electron chi connectivity index (χ1n) is 28.9. The highest BCUT2D eigenvalue weighted by Crippen LogP contribution is 2.31. The van der Waals surface area contributed by atoms with Crippen molar-refractivity contribution < 1.29 is 38.6 Å². The van der Waals surface area contributed by atoms with Crippen molar-refractivity contribution in [2.24, 2.45) is 33.9 Å². The van der Waals surface area contributed by atoms with Crippen LogP contribution >= 0.6 is 110 Å². The highest BCUT2D eigenvalue weighted by atomic mass is 79.9. The number of aromatic carboxylic acids is 1. The van der Waals surface area contributed by atoms with E-state index < -0.39 is 23.3 Å². The lowest BCUT2D eigenvalue weighted by Gasteiger charge is -2.24. The molecular weight excluding hydrogens is 1570 g/mol. The largest absolute Gasteiger partial charge is 0.477 e. The van der Waals surface area contributed by atoms with E-state index in [0.29, 0.717) is 103 Å². The van der Waals surface area contributed by atoms with E-state index in [1.54, 1.807) is 145 Å². The molecule has 9 rings (SSSR count). The number of pyridine rings is 1. The molecule has 5 heterocycles. The van der Waals surface area contributed by atoms with Gasteiger partial charge in [0.15, 0.2) is 0 Å². The summed E-state index contributed by atoms with van der Waals surface area (Å²) in [5.41, 5.74) is 15.4. The highest BCUT2D eigenvalue weighted by molar-refractivity contribution is 9.11. The van der Waals surface area contributed by atoms with Crippen molar-refractivity contribution in [2.75, 3.05) is 47.5 Å². The third-order valence-corrected chi connectivity index (χ3v) is 15.9. The zero-order valence-corrected chi connectivity index (χ0v) is 63.1. The zero-order valence-electron chi connectivity index (χ0n) is 53.7. The van der Waals surface area contributed by atoms with Gasteiger partial charge in [-0.2, -0.15) is 0 Å². The van der Waals surface area contributed by atoms with Crippen LogP contribution in [0.2, 0.25) is 20.1 Å². The van der Waals surface area contributed by atoms with E-state index in [2.05, 4.69) is 99.6 Å². The molecule has 0 bridgehead atoms. The molecule has 0 spiro atoms. The highest BCUT2D eigenvalue weighted by Gasteiger charge is 2.24. The van der Waals surface area contributed by atoms with E-state index in [1.807, 2.05) is 40.0 Å². The number of alkyl halides is 1. The molecule has 8 N–H and O–H groups in total. The number of amides is 4. The van der Waals surface area contributed by atoms with Gasteiger partial charge in [0.25, 0.3) is 17.4 Å². The minimum absolute atomic E-state index is 0.0386. The summed E-state index contributed by atoms with van der Waals surface area (Å²) in [6, 6.07) is 21.2. The summed E-state index contributed by atoms with van der Waals surface area (Å²) >= 11 is 36.9. The lowest BCUT2D eigenvalue weighted by Crippen LogP contribution is -2.37. The van der Waals surface area contributed by atoms with Gasteiger partial charge in [-0.25, -0.2) is 34.3 Å². The maximum Gasteiger partial charge on any atom is 0.407 e. The number of aromatic nitrogens is 9. The van der Waals surface area contributed by atoms with Crippen LogP contribution in [-0.4, -0.2) is 121 Å². The number of imidazole rings is 4. The molecule has 4 amide bonds. The maximum absolute atomic E-state index is 13.1. The Kier molecular flexibility index (Phi) is 32.7. The first-order chi connectivity index (χ1) is 44.7. The van der Waals surface area contributed by atoms with Gasteiger partial charge in [0.1, 0.15) is 39.3 Å². The Hall–Kier alpha value is -7.02. The molecular formula is C63H75Br4Cl4N15O9. The predicted octanol–water partition coefficient (Wildman–Crippen LogP) is 14.5. The second kappa shape index (κ2) is 38.7. The molecule has 9 aromatic rings. The van der Waals surface area contributed by atoms with Crippen LogP contribution in [-0.2, 0) is 44.2 Å². The Balaban J connectivity index is 0.000000255. The van der Waals surface area contributed by atoms with Crippen molar-refractivity contribution in [1.82, 2.24) is 53.4 Å². The molecule has 0 fully saturated rings. The number of nitrogen functional groups attached to an aromatic ring is 1. The van der Waals surface area contributed by atoms with Gasteiger partial charge in [-0.3, -0.25) is 14.4 Å². The third-order valence-electron chi connectivity index (χ3n) is 12.4.